The molecule has 0 aromatic heterocycles. The third-order valence-corrected chi connectivity index (χ3v) is 3.68. The molecule has 0 radical (unpaired) electrons. The van der Waals surface area contributed by atoms with Gasteiger partial charge in [-0.2, -0.15) is 0 Å². The standard InChI is InChI=1S/C13H27N3O2/c1-5-11(2)16(4)7-6-15-12(17)8-18-13(3)9-14-10-13/h11,14H,5-10H2,1-4H3,(H,15,17). The van der Waals surface area contributed by atoms with E-state index < -0.39 is 0 Å². The van der Waals surface area contributed by atoms with Crippen LogP contribution < -0.4 is 10.6 Å². The molecule has 0 spiro atoms. The third-order valence-electron chi connectivity index (χ3n) is 3.68. The number of nitrogens with one attached hydrogen (secondary N) is 2. The van der Waals surface area contributed by atoms with Crippen LogP contribution in [0.25, 0.3) is 0 Å². The molecule has 1 atom stereocenters. The molecule has 0 aromatic carbocycles. The van der Waals surface area contributed by atoms with Crippen LogP contribution in [0.3, 0.4) is 0 Å². The molecule has 1 unspecified atom stereocenters. The summed E-state index contributed by atoms with van der Waals surface area (Å²) in [5, 5.41) is 6.03. The van der Waals surface area contributed by atoms with E-state index in [1.807, 2.05) is 6.92 Å². The van der Waals surface area contributed by atoms with E-state index in [1.54, 1.807) is 0 Å². The van der Waals surface area contributed by atoms with Gasteiger partial charge < -0.3 is 20.3 Å². The molecule has 0 saturated carbocycles. The first-order chi connectivity index (χ1) is 8.47. The lowest BCUT2D eigenvalue weighted by atomic mass is 10.0. The van der Waals surface area contributed by atoms with Crippen molar-refractivity contribution < 1.29 is 9.53 Å². The van der Waals surface area contributed by atoms with E-state index in [0.29, 0.717) is 12.6 Å². The van der Waals surface area contributed by atoms with Crippen molar-refractivity contribution >= 4 is 5.91 Å². The van der Waals surface area contributed by atoms with Gasteiger partial charge >= 0.3 is 0 Å². The highest BCUT2D eigenvalue weighted by Crippen LogP contribution is 2.14. The monoisotopic (exact) mass is 257 g/mol. The van der Waals surface area contributed by atoms with Gasteiger partial charge in [0, 0.05) is 32.2 Å². The highest BCUT2D eigenvalue weighted by atomic mass is 16.5. The summed E-state index contributed by atoms with van der Waals surface area (Å²) < 4.78 is 5.57. The van der Waals surface area contributed by atoms with Crippen molar-refractivity contribution in [1.82, 2.24) is 15.5 Å². The summed E-state index contributed by atoms with van der Waals surface area (Å²) in [5.41, 5.74) is -0.148. The van der Waals surface area contributed by atoms with Crippen LogP contribution in [0.15, 0.2) is 0 Å². The van der Waals surface area contributed by atoms with Crippen molar-refractivity contribution in [2.75, 3.05) is 39.8 Å². The summed E-state index contributed by atoms with van der Waals surface area (Å²) in [6.07, 6.45) is 1.12. The molecule has 5 heteroatoms. The number of carbonyl (C=O) groups is 1. The maximum Gasteiger partial charge on any atom is 0.246 e. The molecule has 1 saturated heterocycles. The molecule has 106 valence electrons. The van der Waals surface area contributed by atoms with Gasteiger partial charge in [-0.05, 0) is 27.3 Å². The minimum absolute atomic E-state index is 0.0272. The Morgan fingerprint density at radius 2 is 2.22 bits per heavy atom. The van der Waals surface area contributed by atoms with E-state index in [0.717, 1.165) is 26.1 Å². The van der Waals surface area contributed by atoms with Gasteiger partial charge in [-0.3, -0.25) is 4.79 Å². The van der Waals surface area contributed by atoms with Crippen LogP contribution in [0.4, 0.5) is 0 Å². The molecule has 18 heavy (non-hydrogen) atoms. The first kappa shape index (κ1) is 15.4. The molecule has 0 aliphatic carbocycles. The molecular formula is C13H27N3O2. The zero-order valence-corrected chi connectivity index (χ0v) is 12.1. The van der Waals surface area contributed by atoms with Crippen molar-refractivity contribution in [3.05, 3.63) is 0 Å². The summed E-state index contributed by atoms with van der Waals surface area (Å²) in [7, 11) is 2.08. The van der Waals surface area contributed by atoms with E-state index in [1.165, 1.54) is 0 Å². The molecule has 1 aliphatic rings. The fourth-order valence-corrected chi connectivity index (χ4v) is 1.77. The van der Waals surface area contributed by atoms with E-state index in [9.17, 15) is 4.79 Å². The second-order valence-electron chi connectivity index (χ2n) is 5.43. The topological polar surface area (TPSA) is 53.6 Å². The Morgan fingerprint density at radius 1 is 1.56 bits per heavy atom. The van der Waals surface area contributed by atoms with Crippen molar-refractivity contribution in [2.24, 2.45) is 0 Å². The van der Waals surface area contributed by atoms with Crippen LogP contribution in [0.5, 0.6) is 0 Å². The van der Waals surface area contributed by atoms with Gasteiger partial charge in [0.25, 0.3) is 0 Å². The van der Waals surface area contributed by atoms with Gasteiger partial charge in [0.15, 0.2) is 0 Å². The Morgan fingerprint density at radius 3 is 2.72 bits per heavy atom. The number of rotatable bonds is 8. The van der Waals surface area contributed by atoms with Crippen LogP contribution in [-0.2, 0) is 9.53 Å². The first-order valence-electron chi connectivity index (χ1n) is 6.78. The summed E-state index contributed by atoms with van der Waals surface area (Å²) in [5.74, 6) is -0.0272. The van der Waals surface area contributed by atoms with Crippen LogP contribution >= 0.6 is 0 Å². The Balaban J connectivity index is 2.06. The average Bonchev–Trinajstić information content (AvgIpc) is 2.32. The van der Waals surface area contributed by atoms with E-state index in [4.69, 9.17) is 4.74 Å². The second kappa shape index (κ2) is 7.07. The van der Waals surface area contributed by atoms with Gasteiger partial charge in [-0.1, -0.05) is 6.92 Å². The molecule has 0 aromatic rings. The molecule has 5 nitrogen and oxygen atoms in total. The predicted molar refractivity (Wildman–Crippen MR) is 72.6 cm³/mol. The number of amides is 1. The maximum absolute atomic E-state index is 11.6. The van der Waals surface area contributed by atoms with Crippen LogP contribution in [-0.4, -0.2) is 62.3 Å². The lowest BCUT2D eigenvalue weighted by Gasteiger charge is -2.38. The largest absolute Gasteiger partial charge is 0.363 e. The average molecular weight is 257 g/mol. The number of likely N-dealkylation sites (N-methyl/N-ethyl adjacent to an activating group) is 1. The lowest BCUT2D eigenvalue weighted by Crippen LogP contribution is -2.59. The predicted octanol–water partition coefficient (Wildman–Crippen LogP) is 0.211. The quantitative estimate of drug-likeness (QED) is 0.653. The number of nitrogens with zero attached hydrogens (tertiary/aromatic N) is 1. The molecule has 0 bridgehead atoms. The minimum atomic E-state index is -0.148. The molecule has 1 aliphatic heterocycles. The Hall–Kier alpha value is -0.650. The fraction of sp³-hybridized carbons (Fsp3) is 0.923. The molecule has 2 N–H and O–H groups in total. The smallest absolute Gasteiger partial charge is 0.246 e. The summed E-state index contributed by atoms with van der Waals surface area (Å²) in [6.45, 7) is 9.75. The lowest BCUT2D eigenvalue weighted by molar-refractivity contribution is -0.135. The first-order valence-corrected chi connectivity index (χ1v) is 6.78. The minimum Gasteiger partial charge on any atom is -0.363 e. The van der Waals surface area contributed by atoms with Gasteiger partial charge in [-0.15, -0.1) is 0 Å². The van der Waals surface area contributed by atoms with Crippen LogP contribution in [0.1, 0.15) is 27.2 Å². The molecule has 1 heterocycles. The summed E-state index contributed by atoms with van der Waals surface area (Å²) >= 11 is 0. The molecular weight excluding hydrogens is 230 g/mol. The van der Waals surface area contributed by atoms with E-state index in [2.05, 4.69) is 36.4 Å². The maximum atomic E-state index is 11.6. The fourth-order valence-electron chi connectivity index (χ4n) is 1.77. The van der Waals surface area contributed by atoms with Gasteiger partial charge in [0.05, 0.1) is 5.60 Å². The zero-order valence-electron chi connectivity index (χ0n) is 12.1. The van der Waals surface area contributed by atoms with Crippen LogP contribution in [0.2, 0.25) is 0 Å². The number of hydrogen-bond donors (Lipinski definition) is 2. The second-order valence-corrected chi connectivity index (χ2v) is 5.43. The zero-order chi connectivity index (χ0) is 13.6. The van der Waals surface area contributed by atoms with Gasteiger partial charge in [-0.25, -0.2) is 0 Å². The summed E-state index contributed by atoms with van der Waals surface area (Å²) in [4.78, 5) is 13.8. The molecule has 1 amide bonds. The van der Waals surface area contributed by atoms with Crippen molar-refractivity contribution in [2.45, 2.75) is 38.8 Å². The van der Waals surface area contributed by atoms with Crippen molar-refractivity contribution in [1.29, 1.82) is 0 Å². The van der Waals surface area contributed by atoms with Gasteiger partial charge in [0.1, 0.15) is 6.61 Å². The summed E-state index contributed by atoms with van der Waals surface area (Å²) in [6, 6.07) is 0.554. The van der Waals surface area contributed by atoms with E-state index in [-0.39, 0.29) is 18.1 Å². The highest BCUT2D eigenvalue weighted by molar-refractivity contribution is 5.77. The SMILES string of the molecule is CCC(C)N(C)CCNC(=O)COC1(C)CNC1. The van der Waals surface area contributed by atoms with Crippen LogP contribution in [0, 0.1) is 0 Å². The Bertz CT molecular complexity index is 267. The number of hydrogen-bond acceptors (Lipinski definition) is 4. The van der Waals surface area contributed by atoms with E-state index >= 15 is 0 Å². The Labute approximate surface area is 110 Å². The number of carbonyl (C=O) groups excluding carboxylic acids is 1. The highest BCUT2D eigenvalue weighted by Gasteiger charge is 2.32. The van der Waals surface area contributed by atoms with Crippen molar-refractivity contribution in [3.63, 3.8) is 0 Å². The molecule has 1 fully saturated rings. The van der Waals surface area contributed by atoms with Gasteiger partial charge in [0.2, 0.25) is 5.91 Å². The molecule has 1 rings (SSSR count). The number of ether oxygens (including phenoxy) is 1. The third kappa shape index (κ3) is 4.92. The normalized spacial score (nSPS) is 19.4. The Kier molecular flexibility index (Phi) is 6.05. The van der Waals surface area contributed by atoms with Crippen molar-refractivity contribution in [3.8, 4) is 0 Å².